The zero-order valence-corrected chi connectivity index (χ0v) is 20.2. The molecule has 4 aromatic rings. The van der Waals surface area contributed by atoms with Crippen molar-refractivity contribution in [1.29, 1.82) is 0 Å². The first-order valence-electron chi connectivity index (χ1n) is 11.5. The van der Waals surface area contributed by atoms with Crippen LogP contribution in [-0.4, -0.2) is 28.2 Å². The van der Waals surface area contributed by atoms with E-state index >= 15 is 0 Å². The van der Waals surface area contributed by atoms with Gasteiger partial charge in [0.15, 0.2) is 0 Å². The number of allylic oxidation sites excluding steroid dienone is 1. The Kier molecular flexibility index (Phi) is 6.25. The quantitative estimate of drug-likeness (QED) is 0.369. The highest BCUT2D eigenvalue weighted by Gasteiger charge is 2.35. The number of halogens is 1. The Morgan fingerprint density at radius 3 is 2.36 bits per heavy atom. The Bertz CT molecular complexity index is 1410. The van der Waals surface area contributed by atoms with Gasteiger partial charge in [-0.2, -0.15) is 4.98 Å². The molecule has 2 amide bonds. The van der Waals surface area contributed by atoms with E-state index in [2.05, 4.69) is 15.5 Å². The van der Waals surface area contributed by atoms with Crippen molar-refractivity contribution in [1.82, 2.24) is 20.4 Å². The third kappa shape index (κ3) is 4.57. The molecule has 1 aliphatic heterocycles. The van der Waals surface area contributed by atoms with Gasteiger partial charge in [-0.1, -0.05) is 47.1 Å². The molecule has 0 aliphatic carbocycles. The maximum atomic E-state index is 13.4. The maximum Gasteiger partial charge on any atom is 0.322 e. The Labute approximate surface area is 208 Å². The first-order valence-corrected chi connectivity index (χ1v) is 11.5. The average molecular weight is 485 g/mol. The second kappa shape index (κ2) is 9.65. The topological polar surface area (TPSA) is 80.5 Å². The van der Waals surface area contributed by atoms with Crippen molar-refractivity contribution in [3.63, 3.8) is 0 Å². The first-order chi connectivity index (χ1) is 17.4. The number of benzene rings is 3. The number of carbonyl (C=O) groups is 1. The second-order valence-electron chi connectivity index (χ2n) is 8.66. The lowest BCUT2D eigenvalue weighted by Gasteiger charge is -2.35. The molecule has 0 saturated carbocycles. The van der Waals surface area contributed by atoms with Crippen molar-refractivity contribution in [3.05, 3.63) is 107 Å². The number of urea groups is 1. The van der Waals surface area contributed by atoms with Gasteiger partial charge in [0.2, 0.25) is 5.82 Å². The Morgan fingerprint density at radius 2 is 1.69 bits per heavy atom. The number of hydrogen-bond acceptors (Lipinski definition) is 5. The van der Waals surface area contributed by atoms with Gasteiger partial charge in [0, 0.05) is 11.3 Å². The minimum Gasteiger partial charge on any atom is -0.497 e. The number of methoxy groups -OCH3 is 1. The van der Waals surface area contributed by atoms with Crippen molar-refractivity contribution in [2.45, 2.75) is 26.4 Å². The number of carbonyl (C=O) groups excluding carboxylic acids is 1. The fourth-order valence-electron chi connectivity index (χ4n) is 4.22. The number of amides is 2. The van der Waals surface area contributed by atoms with Crippen LogP contribution in [0.15, 0.2) is 83.0 Å². The molecule has 0 bridgehead atoms. The van der Waals surface area contributed by atoms with E-state index in [1.54, 1.807) is 24.1 Å². The molecule has 1 atom stereocenters. The summed E-state index contributed by atoms with van der Waals surface area (Å²) in [5.74, 6) is 1.14. The molecule has 0 saturated heterocycles. The van der Waals surface area contributed by atoms with Gasteiger partial charge in [-0.3, -0.25) is 4.90 Å². The number of nitrogens with zero attached hydrogens (tertiary/aromatic N) is 3. The smallest absolute Gasteiger partial charge is 0.322 e. The molecule has 1 aromatic heterocycles. The SMILES string of the molecule is COc1ccc(-c2noc(C3=C(C)N(Cc4ccc(F)cc4)C(=O)NC3c3ccc(C)cc3)n2)cc1. The van der Waals surface area contributed by atoms with Gasteiger partial charge in [0.05, 0.1) is 25.3 Å². The van der Waals surface area contributed by atoms with E-state index < -0.39 is 6.04 Å². The van der Waals surface area contributed by atoms with Gasteiger partial charge in [0.1, 0.15) is 11.6 Å². The van der Waals surface area contributed by atoms with E-state index in [9.17, 15) is 9.18 Å². The van der Waals surface area contributed by atoms with E-state index in [1.807, 2.05) is 62.4 Å². The molecule has 1 N–H and O–H groups in total. The van der Waals surface area contributed by atoms with Crippen molar-refractivity contribution in [2.24, 2.45) is 0 Å². The van der Waals surface area contributed by atoms with Gasteiger partial charge < -0.3 is 14.6 Å². The van der Waals surface area contributed by atoms with Crippen LogP contribution in [0.25, 0.3) is 17.0 Å². The van der Waals surface area contributed by atoms with E-state index in [0.29, 0.717) is 23.0 Å². The maximum absolute atomic E-state index is 13.4. The molecular weight excluding hydrogens is 459 g/mol. The standard InChI is InChI=1S/C28H25FN4O3/c1-17-4-8-20(9-5-17)25-24(27-31-26(32-36-27)21-10-14-23(35-3)15-11-21)18(2)33(28(34)30-25)16-19-6-12-22(29)13-7-19/h4-15,25H,16H2,1-3H3,(H,30,34). The number of rotatable bonds is 6. The molecule has 0 fully saturated rings. The predicted molar refractivity (Wildman–Crippen MR) is 133 cm³/mol. The Balaban J connectivity index is 1.57. The fraction of sp³-hybridized carbons (Fsp3) is 0.179. The zero-order valence-electron chi connectivity index (χ0n) is 20.2. The Hall–Kier alpha value is -4.46. The summed E-state index contributed by atoms with van der Waals surface area (Å²) in [7, 11) is 1.61. The van der Waals surface area contributed by atoms with Crippen LogP contribution in [0.5, 0.6) is 5.75 Å². The first kappa shape index (κ1) is 23.3. The normalized spacial score (nSPS) is 15.7. The molecule has 1 unspecified atom stereocenters. The summed E-state index contributed by atoms with van der Waals surface area (Å²) in [6, 6.07) is 20.7. The van der Waals surface area contributed by atoms with Crippen LogP contribution >= 0.6 is 0 Å². The van der Waals surface area contributed by atoms with Gasteiger partial charge in [0.25, 0.3) is 5.89 Å². The van der Waals surface area contributed by atoms with Crippen molar-refractivity contribution in [3.8, 4) is 17.1 Å². The summed E-state index contributed by atoms with van der Waals surface area (Å²) in [5.41, 5.74) is 4.96. The zero-order chi connectivity index (χ0) is 25.2. The van der Waals surface area contributed by atoms with Crippen molar-refractivity contribution < 1.29 is 18.4 Å². The third-order valence-electron chi connectivity index (χ3n) is 6.27. The van der Waals surface area contributed by atoms with Crippen molar-refractivity contribution >= 4 is 11.6 Å². The molecule has 36 heavy (non-hydrogen) atoms. The minimum atomic E-state index is -0.480. The summed E-state index contributed by atoms with van der Waals surface area (Å²) in [4.78, 5) is 19.5. The van der Waals surface area contributed by atoms with Crippen LogP contribution < -0.4 is 10.1 Å². The summed E-state index contributed by atoms with van der Waals surface area (Å²) in [6.45, 7) is 4.13. The van der Waals surface area contributed by atoms with Gasteiger partial charge in [-0.05, 0) is 61.4 Å². The number of ether oxygens (including phenoxy) is 1. The molecule has 5 rings (SSSR count). The molecule has 0 radical (unpaired) electrons. The summed E-state index contributed by atoms with van der Waals surface area (Å²) < 4.78 is 24.4. The van der Waals surface area contributed by atoms with Gasteiger partial charge >= 0.3 is 6.03 Å². The lowest BCUT2D eigenvalue weighted by Crippen LogP contribution is -2.45. The largest absolute Gasteiger partial charge is 0.497 e. The molecule has 8 heteroatoms. The summed E-state index contributed by atoms with van der Waals surface area (Å²) in [6.07, 6.45) is 0. The monoisotopic (exact) mass is 484 g/mol. The van der Waals surface area contributed by atoms with Crippen LogP contribution in [0, 0.1) is 12.7 Å². The fourth-order valence-corrected chi connectivity index (χ4v) is 4.22. The molecule has 2 heterocycles. The average Bonchev–Trinajstić information content (AvgIpc) is 3.37. The van der Waals surface area contributed by atoms with Crippen LogP contribution in [0.4, 0.5) is 9.18 Å². The molecule has 0 spiro atoms. The van der Waals surface area contributed by atoms with Crippen LogP contribution in [0.2, 0.25) is 0 Å². The molecule has 1 aliphatic rings. The molecule has 182 valence electrons. The molecular formula is C28H25FN4O3. The van der Waals surface area contributed by atoms with Crippen LogP contribution in [0.1, 0.15) is 35.5 Å². The number of hydrogen-bond donors (Lipinski definition) is 1. The predicted octanol–water partition coefficient (Wildman–Crippen LogP) is 5.89. The van der Waals surface area contributed by atoms with Crippen LogP contribution in [-0.2, 0) is 6.54 Å². The van der Waals surface area contributed by atoms with E-state index in [-0.39, 0.29) is 18.4 Å². The molecule has 7 nitrogen and oxygen atoms in total. The highest BCUT2D eigenvalue weighted by atomic mass is 19.1. The lowest BCUT2D eigenvalue weighted by atomic mass is 9.94. The van der Waals surface area contributed by atoms with Gasteiger partial charge in [-0.25, -0.2) is 9.18 Å². The van der Waals surface area contributed by atoms with Gasteiger partial charge in [-0.15, -0.1) is 0 Å². The third-order valence-corrected chi connectivity index (χ3v) is 6.27. The van der Waals surface area contributed by atoms with Crippen molar-refractivity contribution in [2.75, 3.05) is 7.11 Å². The van der Waals surface area contributed by atoms with Crippen LogP contribution in [0.3, 0.4) is 0 Å². The second-order valence-corrected chi connectivity index (χ2v) is 8.66. The van der Waals surface area contributed by atoms with E-state index in [0.717, 1.165) is 28.0 Å². The highest BCUT2D eigenvalue weighted by Crippen LogP contribution is 2.38. The summed E-state index contributed by atoms with van der Waals surface area (Å²) >= 11 is 0. The summed E-state index contributed by atoms with van der Waals surface area (Å²) in [5, 5.41) is 7.29. The van der Waals surface area contributed by atoms with E-state index in [1.165, 1.54) is 12.1 Å². The van der Waals surface area contributed by atoms with E-state index in [4.69, 9.17) is 9.26 Å². The number of nitrogens with one attached hydrogen (secondary N) is 1. The number of aromatic nitrogens is 2. The molecule has 3 aromatic carbocycles. The Morgan fingerprint density at radius 1 is 1.00 bits per heavy atom. The lowest BCUT2D eigenvalue weighted by molar-refractivity contribution is 0.203. The number of aryl methyl sites for hydroxylation is 1. The minimum absolute atomic E-state index is 0.263. The highest BCUT2D eigenvalue weighted by molar-refractivity contribution is 5.86.